The number of rotatable bonds is 2. The largest absolute Gasteiger partial charge is 0.456 e. The molecule has 13 rings (SSSR count). The molecule has 5 aliphatic rings. The summed E-state index contributed by atoms with van der Waals surface area (Å²) < 4.78 is 6.41. The third-order valence-electron chi connectivity index (χ3n) is 13.4. The summed E-state index contributed by atoms with van der Waals surface area (Å²) in [5.74, 6) is 3.38. The molecule has 0 atom stereocenters. The molecule has 4 bridgehead atoms. The Hall–Kier alpha value is -5.14. The second-order valence-electron chi connectivity index (χ2n) is 15.6. The standard InChI is InChI=1S/C48H36O/c1-3-13-37-35(11-1)45(30-20-21-34-33-10-6-8-19-43(33)49-44(34)27-30)36-12-2-4-14-38(36)46(37)40-16-9-18-42-47(40)39-15-5-7-17-41(39)48(42)31-23-28-22-29(25-31)26-32(48)24-28/h1-21,27-29,31-32H,22-26H2. The van der Waals surface area contributed by atoms with Crippen molar-refractivity contribution < 1.29 is 4.42 Å². The van der Waals surface area contributed by atoms with Crippen LogP contribution in [0.3, 0.4) is 0 Å². The van der Waals surface area contributed by atoms with Crippen LogP contribution in [0.25, 0.3) is 76.9 Å². The molecule has 0 unspecified atom stereocenters. The molecule has 0 aliphatic heterocycles. The number of fused-ring (bicyclic) bond motifs is 8. The fourth-order valence-electron chi connectivity index (χ4n) is 12.0. The van der Waals surface area contributed by atoms with E-state index in [1.807, 2.05) is 0 Å². The maximum absolute atomic E-state index is 6.41. The minimum Gasteiger partial charge on any atom is -0.456 e. The molecule has 1 heteroatoms. The van der Waals surface area contributed by atoms with Gasteiger partial charge in [-0.15, -0.1) is 0 Å². The van der Waals surface area contributed by atoms with Gasteiger partial charge in [-0.3, -0.25) is 0 Å². The molecular formula is C48H36O. The number of hydrogen-bond donors (Lipinski definition) is 0. The summed E-state index contributed by atoms with van der Waals surface area (Å²) in [6.07, 6.45) is 7.09. The summed E-state index contributed by atoms with van der Waals surface area (Å²) in [6.45, 7) is 0. The first-order valence-corrected chi connectivity index (χ1v) is 18.4. The molecule has 0 amide bonds. The highest BCUT2D eigenvalue weighted by atomic mass is 16.3. The zero-order chi connectivity index (χ0) is 31.8. The van der Waals surface area contributed by atoms with Crippen LogP contribution < -0.4 is 0 Å². The van der Waals surface area contributed by atoms with E-state index in [0.29, 0.717) is 0 Å². The van der Waals surface area contributed by atoms with Crippen LogP contribution in [-0.4, -0.2) is 0 Å². The van der Waals surface area contributed by atoms with E-state index in [9.17, 15) is 0 Å². The van der Waals surface area contributed by atoms with Gasteiger partial charge in [-0.2, -0.15) is 0 Å². The fraction of sp³-hybridized carbons (Fsp3) is 0.208. The highest BCUT2D eigenvalue weighted by Crippen LogP contribution is 2.70. The van der Waals surface area contributed by atoms with Crippen molar-refractivity contribution in [3.05, 3.63) is 145 Å². The lowest BCUT2D eigenvalue weighted by molar-refractivity contribution is -0.0399. The van der Waals surface area contributed by atoms with Crippen molar-refractivity contribution in [3.8, 4) is 33.4 Å². The Kier molecular flexibility index (Phi) is 5.20. The van der Waals surface area contributed by atoms with E-state index in [1.54, 1.807) is 11.1 Å². The van der Waals surface area contributed by atoms with Crippen molar-refractivity contribution in [1.29, 1.82) is 0 Å². The molecule has 1 nitrogen and oxygen atoms in total. The van der Waals surface area contributed by atoms with Gasteiger partial charge in [0.1, 0.15) is 11.2 Å². The van der Waals surface area contributed by atoms with Gasteiger partial charge in [0.2, 0.25) is 0 Å². The molecule has 7 aromatic carbocycles. The second-order valence-corrected chi connectivity index (χ2v) is 15.6. The summed E-state index contributed by atoms with van der Waals surface area (Å²) >= 11 is 0. The van der Waals surface area contributed by atoms with Gasteiger partial charge in [-0.1, -0.05) is 115 Å². The molecule has 1 aromatic heterocycles. The van der Waals surface area contributed by atoms with Crippen LogP contribution in [0, 0.1) is 23.7 Å². The molecular weight excluding hydrogens is 593 g/mol. The van der Waals surface area contributed by atoms with Crippen LogP contribution in [0.5, 0.6) is 0 Å². The van der Waals surface area contributed by atoms with Crippen molar-refractivity contribution >= 4 is 43.5 Å². The van der Waals surface area contributed by atoms with Crippen LogP contribution >= 0.6 is 0 Å². The third kappa shape index (κ3) is 3.36. The van der Waals surface area contributed by atoms with E-state index in [4.69, 9.17) is 4.42 Å². The van der Waals surface area contributed by atoms with E-state index in [2.05, 4.69) is 133 Å². The summed E-state index contributed by atoms with van der Waals surface area (Å²) in [6, 6.07) is 50.3. The van der Waals surface area contributed by atoms with Gasteiger partial charge in [-0.05, 0) is 140 Å². The molecule has 4 saturated carbocycles. The molecule has 0 saturated heterocycles. The van der Waals surface area contributed by atoms with Crippen LogP contribution in [0.1, 0.15) is 43.2 Å². The summed E-state index contributed by atoms with van der Waals surface area (Å²) in [5, 5.41) is 7.56. The Labute approximate surface area is 286 Å². The molecule has 234 valence electrons. The minimum absolute atomic E-state index is 0.156. The van der Waals surface area contributed by atoms with Crippen LogP contribution in [0.4, 0.5) is 0 Å². The normalized spacial score (nSPS) is 24.8. The second kappa shape index (κ2) is 9.51. The van der Waals surface area contributed by atoms with Crippen molar-refractivity contribution in [2.45, 2.75) is 37.5 Å². The highest BCUT2D eigenvalue weighted by molar-refractivity contribution is 6.23. The Balaban J connectivity index is 1.15. The first-order chi connectivity index (χ1) is 24.3. The fourth-order valence-corrected chi connectivity index (χ4v) is 12.0. The summed E-state index contributed by atoms with van der Waals surface area (Å²) in [7, 11) is 0. The van der Waals surface area contributed by atoms with E-state index < -0.39 is 0 Å². The number of furan rings is 1. The minimum atomic E-state index is 0.156. The van der Waals surface area contributed by atoms with Crippen LogP contribution in [0.2, 0.25) is 0 Å². The molecule has 1 spiro atoms. The lowest BCUT2D eigenvalue weighted by atomic mass is 9.43. The first kappa shape index (κ1) is 26.8. The van der Waals surface area contributed by atoms with Gasteiger partial charge in [0.15, 0.2) is 0 Å². The lowest BCUT2D eigenvalue weighted by Gasteiger charge is -2.61. The van der Waals surface area contributed by atoms with Gasteiger partial charge in [0.05, 0.1) is 0 Å². The maximum atomic E-state index is 6.41. The van der Waals surface area contributed by atoms with E-state index >= 15 is 0 Å². The average Bonchev–Trinajstić information content (AvgIpc) is 3.66. The molecule has 1 heterocycles. The number of benzene rings is 7. The Morgan fingerprint density at radius 3 is 1.67 bits per heavy atom. The highest BCUT2D eigenvalue weighted by Gasteiger charge is 2.61. The van der Waals surface area contributed by atoms with E-state index in [1.165, 1.54) is 97.8 Å². The lowest BCUT2D eigenvalue weighted by Crippen LogP contribution is -2.55. The smallest absolute Gasteiger partial charge is 0.136 e. The monoisotopic (exact) mass is 628 g/mol. The molecule has 0 radical (unpaired) electrons. The number of para-hydroxylation sites is 1. The predicted molar refractivity (Wildman–Crippen MR) is 203 cm³/mol. The quantitative estimate of drug-likeness (QED) is 0.174. The van der Waals surface area contributed by atoms with Crippen molar-refractivity contribution in [2.75, 3.05) is 0 Å². The SMILES string of the molecule is c1ccc2c(c1)-c1c(-c3c4ccccc4c(-c4ccc5c(c4)oc4ccccc45)c4ccccc34)cccc1C21C2CC3CC(C2)CC1C3. The summed E-state index contributed by atoms with van der Waals surface area (Å²) in [4.78, 5) is 0. The summed E-state index contributed by atoms with van der Waals surface area (Å²) in [5.41, 5.74) is 13.5. The molecule has 8 aromatic rings. The van der Waals surface area contributed by atoms with Crippen LogP contribution in [0.15, 0.2) is 138 Å². The van der Waals surface area contributed by atoms with E-state index in [-0.39, 0.29) is 5.41 Å². The van der Waals surface area contributed by atoms with Crippen LogP contribution in [-0.2, 0) is 5.41 Å². The molecule has 0 N–H and O–H groups in total. The molecule has 4 fully saturated rings. The Morgan fingerprint density at radius 2 is 0.959 bits per heavy atom. The maximum Gasteiger partial charge on any atom is 0.136 e. The molecule has 5 aliphatic carbocycles. The third-order valence-corrected chi connectivity index (χ3v) is 13.4. The Bertz CT molecular complexity index is 2600. The van der Waals surface area contributed by atoms with E-state index in [0.717, 1.165) is 34.8 Å². The van der Waals surface area contributed by atoms with Gasteiger partial charge >= 0.3 is 0 Å². The van der Waals surface area contributed by atoms with Gasteiger partial charge in [0, 0.05) is 16.2 Å². The number of hydrogen-bond acceptors (Lipinski definition) is 1. The Morgan fingerprint density at radius 1 is 0.408 bits per heavy atom. The molecule has 49 heavy (non-hydrogen) atoms. The zero-order valence-corrected chi connectivity index (χ0v) is 27.5. The van der Waals surface area contributed by atoms with Crippen molar-refractivity contribution in [1.82, 2.24) is 0 Å². The zero-order valence-electron chi connectivity index (χ0n) is 27.5. The van der Waals surface area contributed by atoms with Crippen molar-refractivity contribution in [3.63, 3.8) is 0 Å². The predicted octanol–water partition coefficient (Wildman–Crippen LogP) is 12.9. The van der Waals surface area contributed by atoms with Gasteiger partial charge in [-0.25, -0.2) is 0 Å². The average molecular weight is 629 g/mol. The van der Waals surface area contributed by atoms with Gasteiger partial charge < -0.3 is 4.42 Å². The topological polar surface area (TPSA) is 13.1 Å². The van der Waals surface area contributed by atoms with Gasteiger partial charge in [0.25, 0.3) is 0 Å². The van der Waals surface area contributed by atoms with Crippen molar-refractivity contribution in [2.24, 2.45) is 23.7 Å². The first-order valence-electron chi connectivity index (χ1n) is 18.4.